The number of carbonyl (C=O) groups is 3. The molecule has 4 rings (SSSR count). The molecule has 1 aliphatic rings. The van der Waals surface area contributed by atoms with Crippen molar-refractivity contribution in [3.05, 3.63) is 97.1 Å². The molecule has 0 aromatic heterocycles. The molecular formula is C34H36Br2N4O9. The number of amides is 2. The Hall–Kier alpha value is -4.60. The third-order valence-corrected chi connectivity index (χ3v) is 8.03. The van der Waals surface area contributed by atoms with Gasteiger partial charge in [0.05, 0.1) is 48.2 Å². The fourth-order valence-electron chi connectivity index (χ4n) is 4.75. The molecule has 4 N–H and O–H groups in total. The summed E-state index contributed by atoms with van der Waals surface area (Å²) in [6.45, 7) is 5.82. The molecule has 49 heavy (non-hydrogen) atoms. The van der Waals surface area contributed by atoms with E-state index in [9.17, 15) is 19.5 Å². The zero-order valence-electron chi connectivity index (χ0n) is 27.2. The zero-order valence-corrected chi connectivity index (χ0v) is 30.3. The van der Waals surface area contributed by atoms with Gasteiger partial charge in [0.2, 0.25) is 0 Å². The molecule has 15 heteroatoms. The molecule has 3 aromatic rings. The van der Waals surface area contributed by atoms with Gasteiger partial charge in [0, 0.05) is 15.7 Å². The topological polar surface area (TPSA) is 166 Å². The Morgan fingerprint density at radius 2 is 1.76 bits per heavy atom. The zero-order chi connectivity index (χ0) is 35.5. The van der Waals surface area contributed by atoms with Crippen LogP contribution in [0.4, 0.5) is 4.79 Å². The summed E-state index contributed by atoms with van der Waals surface area (Å²) in [5, 5.41) is 20.1. The number of esters is 2. The number of benzene rings is 3. The first kappa shape index (κ1) is 37.2. The highest BCUT2D eigenvalue weighted by Gasteiger charge is 2.32. The van der Waals surface area contributed by atoms with E-state index in [4.69, 9.17) is 23.7 Å². The van der Waals surface area contributed by atoms with E-state index in [-0.39, 0.29) is 24.8 Å². The van der Waals surface area contributed by atoms with Crippen molar-refractivity contribution in [3.63, 3.8) is 0 Å². The van der Waals surface area contributed by atoms with E-state index in [0.29, 0.717) is 57.3 Å². The number of ether oxygens (including phenoxy) is 5. The molecule has 0 radical (unpaired) electrons. The number of methoxy groups -OCH3 is 1. The van der Waals surface area contributed by atoms with Crippen LogP contribution in [0.3, 0.4) is 0 Å². The van der Waals surface area contributed by atoms with Crippen molar-refractivity contribution >= 4 is 56.0 Å². The van der Waals surface area contributed by atoms with E-state index >= 15 is 0 Å². The van der Waals surface area contributed by atoms with Crippen molar-refractivity contribution in [2.45, 2.75) is 39.6 Å². The highest BCUT2D eigenvalue weighted by molar-refractivity contribution is 9.11. The van der Waals surface area contributed by atoms with Crippen LogP contribution >= 0.6 is 31.9 Å². The summed E-state index contributed by atoms with van der Waals surface area (Å²) in [5.41, 5.74) is 5.75. The van der Waals surface area contributed by atoms with Crippen molar-refractivity contribution in [1.82, 2.24) is 16.1 Å². The predicted molar refractivity (Wildman–Crippen MR) is 188 cm³/mol. The largest absolute Gasteiger partial charge is 0.490 e. The number of halogens is 2. The Labute approximate surface area is 300 Å². The number of carbonyl (C=O) groups excluding carboxylic acids is 3. The number of nitrogens with one attached hydrogen (secondary N) is 3. The molecule has 0 spiro atoms. The average molecular weight is 804 g/mol. The molecule has 1 aliphatic heterocycles. The number of nitrogens with zero attached hydrogens (tertiary/aromatic N) is 1. The first-order valence-electron chi connectivity index (χ1n) is 15.1. The molecule has 260 valence electrons. The summed E-state index contributed by atoms with van der Waals surface area (Å²) in [5.74, 6) is 0.225. The normalized spacial score (nSPS) is 14.8. The molecule has 2 amide bonds. The Morgan fingerprint density at radius 3 is 2.45 bits per heavy atom. The van der Waals surface area contributed by atoms with Gasteiger partial charge >= 0.3 is 18.0 Å². The van der Waals surface area contributed by atoms with Gasteiger partial charge in [-0.3, -0.25) is 5.43 Å². The van der Waals surface area contributed by atoms with Crippen LogP contribution in [0, 0.1) is 0 Å². The lowest BCUT2D eigenvalue weighted by atomic mass is 9.95. The molecule has 0 unspecified atom stereocenters. The standard InChI is InChI=1S/C34H36Br2N4O9/c1-5-46-27-14-22(30-29(33(43)45-4)19(3)38-34(44)39-30)11-12-26(27)48-18-28(41)40-37-16-23-13-24(35)15-25(36)31(23)49-17-20-7-9-21(10-8-20)32(42)47-6-2/h7-16,28,30,40-41H,5-6,17-18H2,1-4H3,(H2,38,39,44)/b37-16+/t28-,30+/m0/s1. The number of urea groups is 1. The highest BCUT2D eigenvalue weighted by Crippen LogP contribution is 2.35. The monoisotopic (exact) mass is 802 g/mol. The lowest BCUT2D eigenvalue weighted by Crippen LogP contribution is -2.45. The van der Waals surface area contributed by atoms with Gasteiger partial charge in [-0.05, 0) is 84.2 Å². The number of allylic oxidation sites excluding steroid dienone is 1. The van der Waals surface area contributed by atoms with Crippen LogP contribution in [0.1, 0.15) is 53.9 Å². The first-order chi connectivity index (χ1) is 23.5. The molecular weight excluding hydrogens is 768 g/mol. The summed E-state index contributed by atoms with van der Waals surface area (Å²) in [7, 11) is 1.27. The van der Waals surface area contributed by atoms with Gasteiger partial charge in [-0.15, -0.1) is 0 Å². The van der Waals surface area contributed by atoms with Gasteiger partial charge in [-0.25, -0.2) is 14.4 Å². The van der Waals surface area contributed by atoms with E-state index in [2.05, 4.69) is 53.0 Å². The van der Waals surface area contributed by atoms with Gasteiger partial charge in [0.25, 0.3) is 0 Å². The van der Waals surface area contributed by atoms with Crippen LogP contribution in [0.2, 0.25) is 0 Å². The highest BCUT2D eigenvalue weighted by atomic mass is 79.9. The molecule has 2 atom stereocenters. The minimum atomic E-state index is -1.21. The SMILES string of the molecule is CCOC(=O)c1ccc(COc2c(Br)cc(Br)cc2/C=N/N[C@@H](O)COc2ccc([C@H]3NC(=O)NC(C)=C3C(=O)OC)cc2OCC)cc1. The van der Waals surface area contributed by atoms with Crippen LogP contribution in [0.5, 0.6) is 17.2 Å². The first-order valence-corrected chi connectivity index (χ1v) is 16.7. The van der Waals surface area contributed by atoms with Crippen molar-refractivity contribution in [2.75, 3.05) is 26.9 Å². The van der Waals surface area contributed by atoms with Crippen molar-refractivity contribution in [3.8, 4) is 17.2 Å². The number of aliphatic hydroxyl groups is 1. The predicted octanol–water partition coefficient (Wildman–Crippen LogP) is 5.49. The van der Waals surface area contributed by atoms with E-state index < -0.39 is 24.3 Å². The molecule has 0 aliphatic carbocycles. The summed E-state index contributed by atoms with van der Waals surface area (Å²) in [4.78, 5) is 36.6. The minimum Gasteiger partial charge on any atom is -0.490 e. The number of hydrogen-bond acceptors (Lipinski definition) is 11. The molecule has 0 fully saturated rings. The number of hydrazone groups is 1. The lowest BCUT2D eigenvalue weighted by Gasteiger charge is -2.28. The lowest BCUT2D eigenvalue weighted by molar-refractivity contribution is -0.136. The Balaban J connectivity index is 1.40. The van der Waals surface area contributed by atoms with Gasteiger partial charge in [-0.1, -0.05) is 34.1 Å². The molecule has 0 saturated carbocycles. The molecule has 0 bridgehead atoms. The van der Waals surface area contributed by atoms with Crippen molar-refractivity contribution < 1.29 is 43.2 Å². The van der Waals surface area contributed by atoms with Gasteiger partial charge in [0.15, 0.2) is 17.7 Å². The third-order valence-electron chi connectivity index (χ3n) is 6.98. The smallest absolute Gasteiger partial charge is 0.338 e. The molecule has 13 nitrogen and oxygen atoms in total. The number of rotatable bonds is 15. The Bertz CT molecular complexity index is 1730. The van der Waals surface area contributed by atoms with Crippen LogP contribution < -0.4 is 30.3 Å². The van der Waals surface area contributed by atoms with E-state index in [1.54, 1.807) is 69.3 Å². The van der Waals surface area contributed by atoms with Crippen LogP contribution in [-0.2, 0) is 20.9 Å². The average Bonchev–Trinajstić information content (AvgIpc) is 3.07. The number of hydrogen-bond donors (Lipinski definition) is 4. The Kier molecular flexibility index (Phi) is 13.4. The van der Waals surface area contributed by atoms with Crippen LogP contribution in [-0.4, -0.2) is 62.4 Å². The number of aliphatic hydroxyl groups excluding tert-OH is 1. The van der Waals surface area contributed by atoms with Crippen molar-refractivity contribution in [1.29, 1.82) is 0 Å². The van der Waals surface area contributed by atoms with Gasteiger partial charge < -0.3 is 39.4 Å². The summed E-state index contributed by atoms with van der Waals surface area (Å²) < 4.78 is 29.1. The quantitative estimate of drug-likeness (QED) is 0.0669. The minimum absolute atomic E-state index is 0.194. The fourth-order valence-corrected chi connectivity index (χ4v) is 6.12. The third kappa shape index (κ3) is 9.96. The maximum Gasteiger partial charge on any atom is 0.338 e. The van der Waals surface area contributed by atoms with Crippen LogP contribution in [0.25, 0.3) is 0 Å². The van der Waals surface area contributed by atoms with E-state index in [1.165, 1.54) is 13.3 Å². The second kappa shape index (κ2) is 17.7. The Morgan fingerprint density at radius 1 is 1.00 bits per heavy atom. The fraction of sp³-hybridized carbons (Fsp3) is 0.294. The molecule has 3 aromatic carbocycles. The maximum absolute atomic E-state index is 12.5. The van der Waals surface area contributed by atoms with E-state index in [1.807, 2.05) is 6.07 Å². The van der Waals surface area contributed by atoms with E-state index in [0.717, 1.165) is 10.0 Å². The second-order valence-electron chi connectivity index (χ2n) is 10.4. The second-order valence-corrected chi connectivity index (χ2v) is 12.2. The summed E-state index contributed by atoms with van der Waals surface area (Å²) in [6.07, 6.45) is 0.295. The van der Waals surface area contributed by atoms with Gasteiger partial charge in [-0.2, -0.15) is 5.10 Å². The summed E-state index contributed by atoms with van der Waals surface area (Å²) >= 11 is 7.01. The van der Waals surface area contributed by atoms with Crippen molar-refractivity contribution in [2.24, 2.45) is 5.10 Å². The molecule has 0 saturated heterocycles. The van der Waals surface area contributed by atoms with Gasteiger partial charge in [0.1, 0.15) is 19.0 Å². The maximum atomic E-state index is 12.5. The van der Waals surface area contributed by atoms with Crippen LogP contribution in [0.15, 0.2) is 79.9 Å². The summed E-state index contributed by atoms with van der Waals surface area (Å²) in [6, 6.07) is 14.3. The molecule has 1 heterocycles.